The molecular formula is C18H20F2IN3O2. The molecule has 0 unspecified atom stereocenters. The van der Waals surface area contributed by atoms with Gasteiger partial charge < -0.3 is 20.5 Å². The highest BCUT2D eigenvalue weighted by Gasteiger charge is 2.30. The molecular weight excluding hydrogens is 455 g/mol. The van der Waals surface area contributed by atoms with Gasteiger partial charge in [0, 0.05) is 23.7 Å². The first kappa shape index (κ1) is 20.2. The third-order valence-electron chi connectivity index (χ3n) is 3.66. The Bertz CT molecular complexity index is 757. The number of guanidine groups is 1. The smallest absolute Gasteiger partial charge is 0.292 e. The van der Waals surface area contributed by atoms with Crippen molar-refractivity contribution in [1.82, 2.24) is 0 Å². The van der Waals surface area contributed by atoms with Crippen LogP contribution < -0.4 is 20.5 Å². The number of fused-ring (bicyclic) bond motifs is 1. The molecule has 0 amide bonds. The Morgan fingerprint density at radius 1 is 1.08 bits per heavy atom. The van der Waals surface area contributed by atoms with Gasteiger partial charge in [-0.15, -0.1) is 24.0 Å². The van der Waals surface area contributed by atoms with Crippen LogP contribution in [-0.2, 0) is 5.92 Å². The van der Waals surface area contributed by atoms with Gasteiger partial charge in [-0.05, 0) is 12.1 Å². The molecule has 8 heteroatoms. The second-order valence-electron chi connectivity index (χ2n) is 5.61. The van der Waals surface area contributed by atoms with Crippen molar-refractivity contribution >= 4 is 35.6 Å². The molecule has 0 fully saturated rings. The molecule has 0 saturated heterocycles. The van der Waals surface area contributed by atoms with E-state index in [4.69, 9.17) is 15.2 Å². The maximum atomic E-state index is 14.1. The lowest BCUT2D eigenvalue weighted by molar-refractivity contribution is 0.00653. The maximum absolute atomic E-state index is 14.1. The van der Waals surface area contributed by atoms with Gasteiger partial charge in [-0.25, -0.2) is 4.99 Å². The van der Waals surface area contributed by atoms with E-state index in [9.17, 15) is 8.78 Å². The van der Waals surface area contributed by atoms with E-state index in [0.717, 1.165) is 6.42 Å². The highest BCUT2D eigenvalue weighted by Crippen LogP contribution is 2.32. The summed E-state index contributed by atoms with van der Waals surface area (Å²) in [6.45, 7) is 0.418. The molecule has 0 aromatic heterocycles. The van der Waals surface area contributed by atoms with E-state index in [2.05, 4.69) is 10.3 Å². The van der Waals surface area contributed by atoms with Crippen molar-refractivity contribution in [2.24, 2.45) is 10.7 Å². The summed E-state index contributed by atoms with van der Waals surface area (Å²) >= 11 is 0. The Balaban J connectivity index is 0.00000243. The topological polar surface area (TPSA) is 68.9 Å². The van der Waals surface area contributed by atoms with Crippen molar-refractivity contribution in [2.75, 3.05) is 25.1 Å². The number of nitrogens with one attached hydrogen (secondary N) is 1. The number of aliphatic imine (C=N–C) groups is 1. The van der Waals surface area contributed by atoms with Gasteiger partial charge in [-0.3, -0.25) is 0 Å². The highest BCUT2D eigenvalue weighted by molar-refractivity contribution is 14.0. The van der Waals surface area contributed by atoms with Crippen molar-refractivity contribution in [3.63, 3.8) is 0 Å². The Labute approximate surface area is 167 Å². The molecule has 0 radical (unpaired) electrons. The monoisotopic (exact) mass is 475 g/mol. The summed E-state index contributed by atoms with van der Waals surface area (Å²) in [6, 6.07) is 12.7. The molecule has 0 aliphatic carbocycles. The van der Waals surface area contributed by atoms with Gasteiger partial charge in [-0.2, -0.15) is 8.78 Å². The van der Waals surface area contributed by atoms with Crippen molar-refractivity contribution < 1.29 is 18.3 Å². The van der Waals surface area contributed by atoms with Crippen LogP contribution in [0.3, 0.4) is 0 Å². The predicted molar refractivity (Wildman–Crippen MR) is 108 cm³/mol. The van der Waals surface area contributed by atoms with E-state index in [0.29, 0.717) is 30.4 Å². The van der Waals surface area contributed by atoms with Crippen LogP contribution in [-0.4, -0.2) is 25.7 Å². The minimum Gasteiger partial charge on any atom is -0.490 e. The molecule has 1 aliphatic rings. The zero-order valence-corrected chi connectivity index (χ0v) is 16.3. The molecule has 5 nitrogen and oxygen atoms in total. The summed E-state index contributed by atoms with van der Waals surface area (Å²) < 4.78 is 39.3. The fraction of sp³-hybridized carbons (Fsp3) is 0.278. The van der Waals surface area contributed by atoms with Crippen LogP contribution in [0.25, 0.3) is 0 Å². The first-order valence-corrected chi connectivity index (χ1v) is 7.94. The summed E-state index contributed by atoms with van der Waals surface area (Å²) in [5.41, 5.74) is 6.23. The van der Waals surface area contributed by atoms with E-state index >= 15 is 0 Å². The van der Waals surface area contributed by atoms with Crippen LogP contribution in [0, 0.1) is 0 Å². The average molecular weight is 475 g/mol. The van der Waals surface area contributed by atoms with Gasteiger partial charge in [-0.1, -0.05) is 30.3 Å². The zero-order valence-electron chi connectivity index (χ0n) is 14.0. The van der Waals surface area contributed by atoms with Gasteiger partial charge in [0.2, 0.25) is 0 Å². The lowest BCUT2D eigenvalue weighted by Crippen LogP contribution is -2.26. The largest absolute Gasteiger partial charge is 0.490 e. The summed E-state index contributed by atoms with van der Waals surface area (Å²) in [4.78, 5) is 3.76. The molecule has 3 N–H and O–H groups in total. The van der Waals surface area contributed by atoms with Gasteiger partial charge in [0.15, 0.2) is 17.5 Å². The lowest BCUT2D eigenvalue weighted by Gasteiger charge is -2.15. The van der Waals surface area contributed by atoms with Gasteiger partial charge in [0.05, 0.1) is 13.2 Å². The summed E-state index contributed by atoms with van der Waals surface area (Å²) in [6.07, 6.45) is 0.801. The number of nitrogens with zero attached hydrogens (tertiary/aromatic N) is 1. The molecule has 0 bridgehead atoms. The molecule has 1 aliphatic heterocycles. The normalized spacial score (nSPS) is 14.2. The van der Waals surface area contributed by atoms with Gasteiger partial charge >= 0.3 is 0 Å². The third-order valence-corrected chi connectivity index (χ3v) is 3.66. The number of nitrogens with two attached hydrogens (primary N) is 1. The van der Waals surface area contributed by atoms with Crippen molar-refractivity contribution in [3.8, 4) is 11.5 Å². The van der Waals surface area contributed by atoms with E-state index in [1.165, 1.54) is 12.1 Å². The Morgan fingerprint density at radius 2 is 1.77 bits per heavy atom. The minimum absolute atomic E-state index is 0. The molecule has 2 aromatic carbocycles. The number of hydrogen-bond donors (Lipinski definition) is 2. The van der Waals surface area contributed by atoms with Crippen molar-refractivity contribution in [3.05, 3.63) is 54.1 Å². The molecule has 3 rings (SSSR count). The molecule has 0 spiro atoms. The number of rotatable bonds is 4. The Hall–Kier alpha value is -2.10. The zero-order chi connectivity index (χ0) is 17.7. The number of anilines is 1. The molecule has 1 heterocycles. The number of halogens is 3. The number of hydrogen-bond acceptors (Lipinski definition) is 3. The predicted octanol–water partition coefficient (Wildman–Crippen LogP) is 3.98. The summed E-state index contributed by atoms with van der Waals surface area (Å²) in [5.74, 6) is -1.94. The summed E-state index contributed by atoms with van der Waals surface area (Å²) in [7, 11) is 0. The van der Waals surface area contributed by atoms with E-state index in [1.54, 1.807) is 36.4 Å². The number of benzene rings is 2. The van der Waals surface area contributed by atoms with Crippen LogP contribution >= 0.6 is 24.0 Å². The van der Waals surface area contributed by atoms with Crippen molar-refractivity contribution in [1.29, 1.82) is 0 Å². The fourth-order valence-electron chi connectivity index (χ4n) is 2.39. The molecule has 140 valence electrons. The van der Waals surface area contributed by atoms with Crippen LogP contribution in [0.4, 0.5) is 14.5 Å². The fourth-order valence-corrected chi connectivity index (χ4v) is 2.39. The second-order valence-corrected chi connectivity index (χ2v) is 5.61. The second kappa shape index (κ2) is 9.02. The third kappa shape index (κ3) is 5.20. The molecule has 26 heavy (non-hydrogen) atoms. The van der Waals surface area contributed by atoms with Crippen LogP contribution in [0.2, 0.25) is 0 Å². The summed E-state index contributed by atoms with van der Waals surface area (Å²) in [5, 5.41) is 2.80. The first-order valence-electron chi connectivity index (χ1n) is 7.94. The Morgan fingerprint density at radius 3 is 2.50 bits per heavy atom. The van der Waals surface area contributed by atoms with Crippen LogP contribution in [0.5, 0.6) is 11.5 Å². The Kier molecular flexibility index (Phi) is 7.01. The van der Waals surface area contributed by atoms with Gasteiger partial charge in [0.1, 0.15) is 6.54 Å². The lowest BCUT2D eigenvalue weighted by atomic mass is 10.1. The first-order chi connectivity index (χ1) is 12.0. The van der Waals surface area contributed by atoms with Crippen LogP contribution in [0.1, 0.15) is 12.0 Å². The quantitative estimate of drug-likeness (QED) is 0.399. The molecule has 0 saturated carbocycles. The molecule has 0 atom stereocenters. The SMILES string of the molecule is I.NC(=NCC(F)(F)c1ccccc1)Nc1ccc2c(c1)OCCCO2. The number of alkyl halides is 2. The standard InChI is InChI=1S/C18H19F2N3O2.HI/c19-18(20,13-5-2-1-3-6-13)12-22-17(21)23-14-7-8-15-16(11-14)25-10-4-9-24-15;/h1-3,5-8,11H,4,9-10,12H2,(H3,21,22,23);1H. The minimum atomic E-state index is -3.09. The van der Waals surface area contributed by atoms with E-state index in [1.807, 2.05) is 0 Å². The van der Waals surface area contributed by atoms with Crippen molar-refractivity contribution in [2.45, 2.75) is 12.3 Å². The molecule has 2 aromatic rings. The highest BCUT2D eigenvalue weighted by atomic mass is 127. The average Bonchev–Trinajstić information content (AvgIpc) is 2.86. The van der Waals surface area contributed by atoms with E-state index in [-0.39, 0.29) is 35.5 Å². The van der Waals surface area contributed by atoms with Gasteiger partial charge in [0.25, 0.3) is 5.92 Å². The number of ether oxygens (including phenoxy) is 2. The van der Waals surface area contributed by atoms with Crippen LogP contribution in [0.15, 0.2) is 53.5 Å². The van der Waals surface area contributed by atoms with E-state index < -0.39 is 12.5 Å². The maximum Gasteiger partial charge on any atom is 0.292 e.